The van der Waals surface area contributed by atoms with E-state index < -0.39 is 0 Å². The summed E-state index contributed by atoms with van der Waals surface area (Å²) in [6, 6.07) is 1.98. The van der Waals surface area contributed by atoms with E-state index in [1.165, 1.54) is 44.9 Å². The normalized spacial score (nSPS) is 10.9. The highest BCUT2D eigenvalue weighted by molar-refractivity contribution is 5.02. The van der Waals surface area contributed by atoms with Gasteiger partial charge in [-0.2, -0.15) is 0 Å². The van der Waals surface area contributed by atoms with Crippen molar-refractivity contribution in [3.8, 4) is 0 Å². The molecule has 0 aliphatic carbocycles. The predicted octanol–water partition coefficient (Wildman–Crippen LogP) is 3.82. The maximum absolute atomic E-state index is 5.01. The highest BCUT2D eigenvalue weighted by atomic mass is 16.5. The van der Waals surface area contributed by atoms with Crippen molar-refractivity contribution in [1.29, 1.82) is 0 Å². The Kier molecular flexibility index (Phi) is 7.72. The van der Waals surface area contributed by atoms with Gasteiger partial charge in [-0.25, -0.2) is 0 Å². The van der Waals surface area contributed by atoms with Crippen LogP contribution in [0, 0.1) is 6.92 Å². The molecule has 98 valence electrons. The van der Waals surface area contributed by atoms with Crippen LogP contribution in [0.2, 0.25) is 0 Å². The summed E-state index contributed by atoms with van der Waals surface area (Å²) in [6.07, 6.45) is 9.52. The van der Waals surface area contributed by atoms with E-state index in [-0.39, 0.29) is 0 Å². The van der Waals surface area contributed by atoms with Crippen LogP contribution in [-0.4, -0.2) is 11.7 Å². The molecule has 1 aromatic rings. The fraction of sp³-hybridized carbons (Fsp3) is 0.786. The van der Waals surface area contributed by atoms with E-state index in [4.69, 9.17) is 4.52 Å². The lowest BCUT2D eigenvalue weighted by Gasteiger charge is -2.02. The molecule has 0 fully saturated rings. The Morgan fingerprint density at radius 2 is 1.82 bits per heavy atom. The number of hydrogen-bond donors (Lipinski definition) is 1. The molecule has 0 unspecified atom stereocenters. The first-order valence-corrected chi connectivity index (χ1v) is 6.96. The molecular formula is C14H26N2O. The molecule has 1 heterocycles. The average molecular weight is 238 g/mol. The van der Waals surface area contributed by atoms with Crippen LogP contribution >= 0.6 is 0 Å². The summed E-state index contributed by atoms with van der Waals surface area (Å²) in [5, 5.41) is 7.34. The minimum atomic E-state index is 0.827. The number of hydrogen-bond acceptors (Lipinski definition) is 3. The average Bonchev–Trinajstić information content (AvgIpc) is 2.73. The van der Waals surface area contributed by atoms with Crippen LogP contribution in [0.1, 0.15) is 63.3 Å². The van der Waals surface area contributed by atoms with Crippen LogP contribution in [0.4, 0.5) is 0 Å². The van der Waals surface area contributed by atoms with E-state index in [0.717, 1.165) is 24.5 Å². The summed E-state index contributed by atoms with van der Waals surface area (Å²) >= 11 is 0. The van der Waals surface area contributed by atoms with Gasteiger partial charge in [0.05, 0.1) is 5.69 Å². The van der Waals surface area contributed by atoms with Gasteiger partial charge in [0.25, 0.3) is 0 Å². The zero-order valence-corrected chi connectivity index (χ0v) is 11.3. The largest absolute Gasteiger partial charge is 0.361 e. The van der Waals surface area contributed by atoms with Gasteiger partial charge in [0.15, 0.2) is 0 Å². The van der Waals surface area contributed by atoms with Crippen LogP contribution in [0.5, 0.6) is 0 Å². The Labute approximate surface area is 105 Å². The van der Waals surface area contributed by atoms with Crippen molar-refractivity contribution < 1.29 is 4.52 Å². The van der Waals surface area contributed by atoms with Crippen LogP contribution in [-0.2, 0) is 6.54 Å². The Balaban J connectivity index is 1.84. The molecule has 0 spiro atoms. The van der Waals surface area contributed by atoms with E-state index >= 15 is 0 Å². The SMILES string of the molecule is CCCCCCCCCNCc1cc(C)on1. The molecule has 0 bridgehead atoms. The molecule has 3 heteroatoms. The molecular weight excluding hydrogens is 212 g/mol. The standard InChI is InChI=1S/C14H26N2O/c1-3-4-5-6-7-8-9-10-15-12-14-11-13(2)17-16-14/h11,15H,3-10,12H2,1-2H3. The molecule has 0 aliphatic heterocycles. The number of unbranched alkanes of at least 4 members (excludes halogenated alkanes) is 6. The molecule has 0 aliphatic rings. The smallest absolute Gasteiger partial charge is 0.133 e. The van der Waals surface area contributed by atoms with Crippen molar-refractivity contribution in [3.05, 3.63) is 17.5 Å². The third-order valence-electron chi connectivity index (χ3n) is 2.94. The number of nitrogens with one attached hydrogen (secondary N) is 1. The van der Waals surface area contributed by atoms with Gasteiger partial charge in [0, 0.05) is 12.6 Å². The monoisotopic (exact) mass is 238 g/mol. The lowest BCUT2D eigenvalue weighted by Crippen LogP contribution is -2.14. The van der Waals surface area contributed by atoms with Gasteiger partial charge in [-0.3, -0.25) is 0 Å². The predicted molar refractivity (Wildman–Crippen MR) is 70.9 cm³/mol. The van der Waals surface area contributed by atoms with Crippen LogP contribution in [0.15, 0.2) is 10.6 Å². The second-order valence-electron chi connectivity index (χ2n) is 4.73. The van der Waals surface area contributed by atoms with Gasteiger partial charge in [0.2, 0.25) is 0 Å². The molecule has 0 atom stereocenters. The molecule has 1 N–H and O–H groups in total. The molecule has 1 aromatic heterocycles. The van der Waals surface area contributed by atoms with Crippen molar-refractivity contribution >= 4 is 0 Å². The van der Waals surface area contributed by atoms with Gasteiger partial charge in [-0.15, -0.1) is 0 Å². The van der Waals surface area contributed by atoms with E-state index in [2.05, 4.69) is 17.4 Å². The Hall–Kier alpha value is -0.830. The van der Waals surface area contributed by atoms with Crippen molar-refractivity contribution in [1.82, 2.24) is 10.5 Å². The van der Waals surface area contributed by atoms with Crippen LogP contribution in [0.25, 0.3) is 0 Å². The molecule has 0 aromatic carbocycles. The van der Waals surface area contributed by atoms with Crippen molar-refractivity contribution in [2.24, 2.45) is 0 Å². The lowest BCUT2D eigenvalue weighted by atomic mass is 10.1. The van der Waals surface area contributed by atoms with Crippen molar-refractivity contribution in [3.63, 3.8) is 0 Å². The molecule has 17 heavy (non-hydrogen) atoms. The highest BCUT2D eigenvalue weighted by Crippen LogP contribution is 2.06. The quantitative estimate of drug-likeness (QED) is 0.630. The third kappa shape index (κ3) is 7.16. The fourth-order valence-corrected chi connectivity index (χ4v) is 1.92. The molecule has 0 amide bonds. The molecule has 3 nitrogen and oxygen atoms in total. The minimum Gasteiger partial charge on any atom is -0.361 e. The topological polar surface area (TPSA) is 38.1 Å². The third-order valence-corrected chi connectivity index (χ3v) is 2.94. The van der Waals surface area contributed by atoms with Crippen molar-refractivity contribution in [2.45, 2.75) is 65.3 Å². The molecule has 0 radical (unpaired) electrons. The van der Waals surface area contributed by atoms with Gasteiger partial charge in [-0.05, 0) is 19.9 Å². The van der Waals surface area contributed by atoms with E-state index in [0.29, 0.717) is 0 Å². The molecule has 0 saturated heterocycles. The number of aromatic nitrogens is 1. The van der Waals surface area contributed by atoms with E-state index in [1.54, 1.807) is 0 Å². The summed E-state index contributed by atoms with van der Waals surface area (Å²) in [5.74, 6) is 0.887. The first-order chi connectivity index (χ1) is 8.33. The zero-order chi connectivity index (χ0) is 12.3. The first kappa shape index (κ1) is 14.2. The maximum Gasteiger partial charge on any atom is 0.133 e. The van der Waals surface area contributed by atoms with E-state index in [1.807, 2.05) is 13.0 Å². The number of nitrogens with zero attached hydrogens (tertiary/aromatic N) is 1. The summed E-state index contributed by atoms with van der Waals surface area (Å²) < 4.78 is 5.01. The van der Waals surface area contributed by atoms with E-state index in [9.17, 15) is 0 Å². The molecule has 1 rings (SSSR count). The Morgan fingerprint density at radius 3 is 2.47 bits per heavy atom. The lowest BCUT2D eigenvalue weighted by molar-refractivity contribution is 0.388. The molecule has 0 saturated carbocycles. The summed E-state index contributed by atoms with van der Waals surface area (Å²) in [6.45, 7) is 6.09. The zero-order valence-electron chi connectivity index (χ0n) is 11.3. The minimum absolute atomic E-state index is 0.827. The van der Waals surface area contributed by atoms with Gasteiger partial charge in [0.1, 0.15) is 5.76 Å². The van der Waals surface area contributed by atoms with Gasteiger partial charge >= 0.3 is 0 Å². The van der Waals surface area contributed by atoms with Crippen LogP contribution in [0.3, 0.4) is 0 Å². The summed E-state index contributed by atoms with van der Waals surface area (Å²) in [5.41, 5.74) is 1.01. The first-order valence-electron chi connectivity index (χ1n) is 6.96. The second kappa shape index (κ2) is 9.23. The number of aryl methyl sites for hydroxylation is 1. The Morgan fingerprint density at radius 1 is 1.12 bits per heavy atom. The number of rotatable bonds is 10. The maximum atomic E-state index is 5.01. The summed E-state index contributed by atoms with van der Waals surface area (Å²) in [4.78, 5) is 0. The second-order valence-corrected chi connectivity index (χ2v) is 4.73. The Bertz CT molecular complexity index is 284. The van der Waals surface area contributed by atoms with Gasteiger partial charge < -0.3 is 9.84 Å². The highest BCUT2D eigenvalue weighted by Gasteiger charge is 1.98. The van der Waals surface area contributed by atoms with Gasteiger partial charge in [-0.1, -0.05) is 50.6 Å². The van der Waals surface area contributed by atoms with Crippen LogP contribution < -0.4 is 5.32 Å². The summed E-state index contributed by atoms with van der Waals surface area (Å²) in [7, 11) is 0. The fourth-order valence-electron chi connectivity index (χ4n) is 1.92. The van der Waals surface area contributed by atoms with Crippen molar-refractivity contribution in [2.75, 3.05) is 6.54 Å².